The van der Waals surface area contributed by atoms with Gasteiger partial charge in [0.15, 0.2) is 0 Å². The quantitative estimate of drug-likeness (QED) is 0.159. The van der Waals surface area contributed by atoms with Crippen LogP contribution in [0.3, 0.4) is 0 Å². The maximum atomic E-state index is 2.34. The number of aromatic nitrogens is 3. The van der Waals surface area contributed by atoms with E-state index in [1.165, 1.54) is 144 Å². The summed E-state index contributed by atoms with van der Waals surface area (Å²) in [5.74, 6) is 0. The van der Waals surface area contributed by atoms with Gasteiger partial charge in [0.2, 0.25) is 0 Å². The molecule has 3 aromatic heterocycles. The van der Waals surface area contributed by atoms with Crippen molar-refractivity contribution < 1.29 is 0 Å². The number of benzene rings is 15. The zero-order valence-corrected chi connectivity index (χ0v) is 61.1. The Bertz CT molecular complexity index is 5640. The SMILES string of the molecule is CN(c1ccccc1)c1ccccc1.CN1c2ccccc2C(C)(C)c2ccccc21.Cc1ccc(-n2c3ccccc3c3ccccc32)cc1.Cc1ccc(N(c2ccccc2)c2ccccc2)cc1.Cc1ccc2c(c1)c1ccccc1n2-c1ccccc1.Cn1c2ccccc2c2ccccc21. The molecule has 0 saturated heterocycles. The summed E-state index contributed by atoms with van der Waals surface area (Å²) < 4.78 is 6.92. The lowest BCUT2D eigenvalue weighted by Crippen LogP contribution is -2.30. The van der Waals surface area contributed by atoms with Crippen LogP contribution in [0.25, 0.3) is 76.8 Å². The number of nitrogens with zero attached hydrogens (tertiary/aromatic N) is 6. The molecule has 15 aromatic carbocycles. The van der Waals surface area contributed by atoms with Crippen molar-refractivity contribution in [3.63, 3.8) is 0 Å². The smallest absolute Gasteiger partial charge is 0.0541 e. The summed E-state index contributed by atoms with van der Waals surface area (Å²) in [5.41, 5.74) is 25.4. The molecule has 0 N–H and O–H groups in total. The monoisotopic (exact) mass is 1360 g/mol. The van der Waals surface area contributed by atoms with Gasteiger partial charge < -0.3 is 28.4 Å². The van der Waals surface area contributed by atoms with Crippen molar-refractivity contribution in [2.45, 2.75) is 40.0 Å². The van der Waals surface area contributed by atoms with Crippen molar-refractivity contribution in [3.05, 3.63) is 416 Å². The molecule has 0 unspecified atom stereocenters. The van der Waals surface area contributed by atoms with Crippen LogP contribution in [0.5, 0.6) is 0 Å². The van der Waals surface area contributed by atoms with Crippen molar-refractivity contribution >= 4 is 105 Å². The summed E-state index contributed by atoms with van der Waals surface area (Å²) in [7, 11) is 6.34. The molecule has 19 rings (SSSR count). The Kier molecular flexibility index (Phi) is 20.8. The first kappa shape index (κ1) is 69.2. The highest BCUT2D eigenvalue weighted by Crippen LogP contribution is 2.48. The lowest BCUT2D eigenvalue weighted by atomic mass is 9.74. The number of fused-ring (bicyclic) bond motifs is 11. The minimum Gasteiger partial charge on any atom is -0.345 e. The fourth-order valence-corrected chi connectivity index (χ4v) is 14.6. The molecule has 1 aliphatic heterocycles. The van der Waals surface area contributed by atoms with Crippen molar-refractivity contribution in [3.8, 4) is 11.4 Å². The number of aryl methyl sites for hydroxylation is 4. The molecule has 0 spiro atoms. The molecule has 0 bridgehead atoms. The maximum absolute atomic E-state index is 2.34. The fourth-order valence-electron chi connectivity index (χ4n) is 14.6. The Morgan fingerprint density at radius 3 is 0.952 bits per heavy atom. The van der Waals surface area contributed by atoms with Gasteiger partial charge in [0, 0.05) is 121 Å². The Morgan fingerprint density at radius 1 is 0.248 bits per heavy atom. The van der Waals surface area contributed by atoms with Crippen molar-refractivity contribution in [2.75, 3.05) is 28.8 Å². The number of rotatable bonds is 7. The second-order valence-electron chi connectivity index (χ2n) is 27.3. The molecule has 6 nitrogen and oxygen atoms in total. The highest BCUT2D eigenvalue weighted by Gasteiger charge is 2.34. The van der Waals surface area contributed by atoms with E-state index in [-0.39, 0.29) is 5.41 Å². The highest BCUT2D eigenvalue weighted by atomic mass is 15.1. The van der Waals surface area contributed by atoms with Crippen LogP contribution in [0.2, 0.25) is 0 Å². The summed E-state index contributed by atoms with van der Waals surface area (Å²) in [6, 6.07) is 136. The third-order valence-corrected chi connectivity index (χ3v) is 20.0. The molecule has 0 saturated carbocycles. The summed E-state index contributed by atoms with van der Waals surface area (Å²) >= 11 is 0. The molecule has 105 heavy (non-hydrogen) atoms. The predicted octanol–water partition coefficient (Wildman–Crippen LogP) is 26.5. The first-order valence-corrected chi connectivity index (χ1v) is 36.2. The Balaban J connectivity index is 0.000000107. The van der Waals surface area contributed by atoms with E-state index >= 15 is 0 Å². The maximum Gasteiger partial charge on any atom is 0.0541 e. The summed E-state index contributed by atoms with van der Waals surface area (Å²) in [4.78, 5) is 6.72. The summed E-state index contributed by atoms with van der Waals surface area (Å²) in [5, 5.41) is 7.93. The number of anilines is 7. The molecule has 1 aliphatic rings. The van der Waals surface area contributed by atoms with Crippen molar-refractivity contribution in [1.82, 2.24) is 13.7 Å². The molecule has 0 amide bonds. The van der Waals surface area contributed by atoms with E-state index in [1.54, 1.807) is 0 Å². The third-order valence-electron chi connectivity index (χ3n) is 20.0. The normalized spacial score (nSPS) is 11.7. The number of para-hydroxylation sites is 12. The largest absolute Gasteiger partial charge is 0.345 e. The Hall–Kier alpha value is -12.9. The molecule has 0 aliphatic carbocycles. The van der Waals surface area contributed by atoms with E-state index in [1.807, 2.05) is 24.3 Å². The van der Waals surface area contributed by atoms with Crippen LogP contribution in [0.15, 0.2) is 388 Å². The van der Waals surface area contributed by atoms with Gasteiger partial charge >= 0.3 is 0 Å². The van der Waals surface area contributed by atoms with Crippen LogP contribution < -0.4 is 14.7 Å². The first-order chi connectivity index (χ1) is 51.4. The lowest BCUT2D eigenvalue weighted by Gasteiger charge is -2.40. The molecule has 18 aromatic rings. The van der Waals surface area contributed by atoms with Gasteiger partial charge in [-0.25, -0.2) is 0 Å². The van der Waals surface area contributed by atoms with E-state index in [0.29, 0.717) is 0 Å². The predicted molar refractivity (Wildman–Crippen MR) is 451 cm³/mol. The van der Waals surface area contributed by atoms with Crippen molar-refractivity contribution in [1.29, 1.82) is 0 Å². The summed E-state index contributed by atoms with van der Waals surface area (Å²) in [6.45, 7) is 11.0. The molecule has 0 atom stereocenters. The van der Waals surface area contributed by atoms with E-state index in [2.05, 4.69) is 448 Å². The topological polar surface area (TPSA) is 24.5 Å². The molecule has 4 heterocycles. The van der Waals surface area contributed by atoms with Gasteiger partial charge in [-0.1, -0.05) is 279 Å². The van der Waals surface area contributed by atoms with Gasteiger partial charge in [-0.3, -0.25) is 0 Å². The second-order valence-corrected chi connectivity index (χ2v) is 27.3. The van der Waals surface area contributed by atoms with Crippen LogP contribution >= 0.6 is 0 Å². The van der Waals surface area contributed by atoms with Crippen LogP contribution in [-0.2, 0) is 12.5 Å². The molecule has 514 valence electrons. The highest BCUT2D eigenvalue weighted by molar-refractivity contribution is 6.11. The van der Waals surface area contributed by atoms with E-state index in [0.717, 1.165) is 0 Å². The van der Waals surface area contributed by atoms with Crippen LogP contribution in [0.4, 0.5) is 39.8 Å². The minimum absolute atomic E-state index is 0.0830. The average molecular weight is 1360 g/mol. The summed E-state index contributed by atoms with van der Waals surface area (Å²) in [6.07, 6.45) is 0. The van der Waals surface area contributed by atoms with Crippen molar-refractivity contribution in [2.24, 2.45) is 7.05 Å². The van der Waals surface area contributed by atoms with Gasteiger partial charge in [-0.2, -0.15) is 0 Å². The fraction of sp³-hybridized carbons (Fsp3) is 0.0909. The van der Waals surface area contributed by atoms with Crippen LogP contribution in [0.1, 0.15) is 41.7 Å². The molecule has 0 radical (unpaired) electrons. The van der Waals surface area contributed by atoms with Crippen LogP contribution in [-0.4, -0.2) is 27.8 Å². The Morgan fingerprint density at radius 2 is 0.533 bits per heavy atom. The minimum atomic E-state index is 0.0830. The van der Waals surface area contributed by atoms with Gasteiger partial charge in [0.25, 0.3) is 0 Å². The first-order valence-electron chi connectivity index (χ1n) is 36.2. The third kappa shape index (κ3) is 14.8. The van der Waals surface area contributed by atoms with E-state index < -0.39 is 0 Å². The van der Waals surface area contributed by atoms with Crippen LogP contribution in [0, 0.1) is 20.8 Å². The van der Waals surface area contributed by atoms with Gasteiger partial charge in [0.1, 0.15) is 0 Å². The standard InChI is InChI=1S/2C19H15N.C19H17N.C16H17N.C13H11N.C13H13N/c1-14-10-12-15(13-11-14)20-18-8-4-2-6-16(18)17-7-3-5-9-19(17)20;1-14-11-12-19-17(13-14)16-9-5-6-10-18(16)20(19)15-7-3-2-4-8-15;1-16-12-14-19(15-13-16)20(17-8-4-2-5-9-17)18-10-6-3-7-11-18;1-16(2)12-8-4-6-10-14(12)17(3)15-11-7-5-9-13(15)16;1-14-12-8-4-2-6-10(12)11-7-3-5-9-13(11)14;1-14(12-8-4-2-5-9-12)13-10-6-3-7-11-13/h2*2-13H,1H3;2-15H,1H3;4-11H,1-3H3;2-9H,1H3;2-11H,1H3. The zero-order valence-electron chi connectivity index (χ0n) is 61.1. The Labute approximate surface area is 618 Å². The van der Waals surface area contributed by atoms with E-state index in [9.17, 15) is 0 Å². The van der Waals surface area contributed by atoms with Gasteiger partial charge in [-0.15, -0.1) is 0 Å². The average Bonchev–Trinajstić information content (AvgIpc) is 1.71. The lowest BCUT2D eigenvalue weighted by molar-refractivity contribution is 0.629. The molecular weight excluding hydrogens is 1270 g/mol. The zero-order chi connectivity index (χ0) is 72.2. The molecule has 6 heteroatoms. The van der Waals surface area contributed by atoms with Gasteiger partial charge in [-0.05, 0) is 171 Å². The molecular formula is C99H88N6. The van der Waals surface area contributed by atoms with Gasteiger partial charge in [0.05, 0.1) is 22.1 Å². The molecule has 0 fully saturated rings. The number of hydrogen-bond acceptors (Lipinski definition) is 3. The number of hydrogen-bond donors (Lipinski definition) is 0. The van der Waals surface area contributed by atoms with E-state index in [4.69, 9.17) is 0 Å². The second kappa shape index (κ2) is 31.6.